The Kier molecular flexibility index (Phi) is 3.73. The summed E-state index contributed by atoms with van der Waals surface area (Å²) in [6, 6.07) is 5.32. The van der Waals surface area contributed by atoms with E-state index >= 15 is 0 Å². The van der Waals surface area contributed by atoms with Crippen LogP contribution in [-0.2, 0) is 0 Å². The average Bonchev–Trinajstić information content (AvgIpc) is 2.56. The molecule has 0 saturated carbocycles. The van der Waals surface area contributed by atoms with Gasteiger partial charge in [-0.25, -0.2) is 14.4 Å². The van der Waals surface area contributed by atoms with Crippen LogP contribution in [0.1, 0.15) is 30.0 Å². The zero-order chi connectivity index (χ0) is 14.7. The topological polar surface area (TPSA) is 65.7 Å². The number of aromatic nitrogens is 3. The van der Waals surface area contributed by atoms with Gasteiger partial charge >= 0.3 is 0 Å². The molecule has 0 unspecified atom stereocenters. The molecule has 0 atom stereocenters. The zero-order valence-electron chi connectivity index (χ0n) is 11.4. The Hall–Kier alpha value is -2.55. The first-order valence-electron chi connectivity index (χ1n) is 6.84. The van der Waals surface area contributed by atoms with E-state index in [4.69, 9.17) is 5.26 Å². The van der Waals surface area contributed by atoms with Crippen LogP contribution in [0.2, 0.25) is 0 Å². The minimum atomic E-state index is -0.309. The van der Waals surface area contributed by atoms with Crippen molar-refractivity contribution in [3.63, 3.8) is 0 Å². The van der Waals surface area contributed by atoms with Crippen molar-refractivity contribution >= 4 is 5.82 Å². The van der Waals surface area contributed by atoms with Crippen molar-refractivity contribution in [1.29, 1.82) is 5.26 Å². The van der Waals surface area contributed by atoms with E-state index in [-0.39, 0.29) is 5.82 Å². The Morgan fingerprint density at radius 2 is 2.00 bits per heavy atom. The first kappa shape index (κ1) is 13.4. The number of anilines is 1. The van der Waals surface area contributed by atoms with Gasteiger partial charge in [-0.2, -0.15) is 5.26 Å². The maximum atomic E-state index is 12.9. The first-order valence-corrected chi connectivity index (χ1v) is 6.84. The standard InChI is InChI=1S/C15H14FN5/c16-13-1-2-14(19-9-13)11-3-5-21(6-4-11)15-12(7-17)8-18-10-20-15/h1-2,8-11H,3-6H2. The number of piperidine rings is 1. The van der Waals surface area contributed by atoms with Crippen molar-refractivity contribution in [3.05, 3.63) is 47.9 Å². The summed E-state index contributed by atoms with van der Waals surface area (Å²) in [6.07, 6.45) is 6.08. The van der Waals surface area contributed by atoms with Gasteiger partial charge in [0.1, 0.15) is 29.6 Å². The fraction of sp³-hybridized carbons (Fsp3) is 0.333. The van der Waals surface area contributed by atoms with Gasteiger partial charge in [-0.1, -0.05) is 0 Å². The summed E-state index contributed by atoms with van der Waals surface area (Å²) in [4.78, 5) is 14.3. The molecular weight excluding hydrogens is 269 g/mol. The Balaban J connectivity index is 1.70. The van der Waals surface area contributed by atoms with Crippen LogP contribution in [0.5, 0.6) is 0 Å². The lowest BCUT2D eigenvalue weighted by atomic mass is 9.93. The van der Waals surface area contributed by atoms with E-state index in [0.29, 0.717) is 17.3 Å². The van der Waals surface area contributed by atoms with E-state index < -0.39 is 0 Å². The maximum Gasteiger partial charge on any atom is 0.149 e. The summed E-state index contributed by atoms with van der Waals surface area (Å²) in [6.45, 7) is 1.60. The molecule has 0 spiro atoms. The summed E-state index contributed by atoms with van der Waals surface area (Å²) >= 11 is 0. The maximum absolute atomic E-state index is 12.9. The number of halogens is 1. The summed E-state index contributed by atoms with van der Waals surface area (Å²) in [5, 5.41) is 9.10. The van der Waals surface area contributed by atoms with Crippen LogP contribution in [-0.4, -0.2) is 28.0 Å². The molecule has 21 heavy (non-hydrogen) atoms. The van der Waals surface area contributed by atoms with Gasteiger partial charge in [0.25, 0.3) is 0 Å². The summed E-state index contributed by atoms with van der Waals surface area (Å²) in [5.41, 5.74) is 1.43. The third kappa shape index (κ3) is 2.82. The Bertz CT molecular complexity index is 657. The predicted molar refractivity (Wildman–Crippen MR) is 75.1 cm³/mol. The van der Waals surface area contributed by atoms with E-state index in [1.165, 1.54) is 24.8 Å². The lowest BCUT2D eigenvalue weighted by Gasteiger charge is -2.32. The molecule has 3 heterocycles. The molecule has 0 N–H and O–H groups in total. The quantitative estimate of drug-likeness (QED) is 0.845. The van der Waals surface area contributed by atoms with Crippen molar-refractivity contribution in [2.75, 3.05) is 18.0 Å². The number of hydrogen-bond acceptors (Lipinski definition) is 5. The number of hydrogen-bond donors (Lipinski definition) is 0. The molecule has 1 aliphatic heterocycles. The largest absolute Gasteiger partial charge is 0.355 e. The van der Waals surface area contributed by atoms with Crippen molar-refractivity contribution in [2.24, 2.45) is 0 Å². The molecule has 2 aromatic heterocycles. The molecule has 0 bridgehead atoms. The van der Waals surface area contributed by atoms with Crippen LogP contribution >= 0.6 is 0 Å². The second-order valence-electron chi connectivity index (χ2n) is 5.03. The van der Waals surface area contributed by atoms with Crippen LogP contribution in [0.15, 0.2) is 30.9 Å². The van der Waals surface area contributed by atoms with Crippen LogP contribution in [0.3, 0.4) is 0 Å². The molecular formula is C15H14FN5. The van der Waals surface area contributed by atoms with Gasteiger partial charge in [0.05, 0.1) is 12.4 Å². The highest BCUT2D eigenvalue weighted by atomic mass is 19.1. The van der Waals surface area contributed by atoms with Gasteiger partial charge in [-0.05, 0) is 25.0 Å². The summed E-state index contributed by atoms with van der Waals surface area (Å²) in [7, 11) is 0. The van der Waals surface area contributed by atoms with E-state index in [2.05, 4.69) is 25.9 Å². The Morgan fingerprint density at radius 3 is 2.67 bits per heavy atom. The van der Waals surface area contributed by atoms with Gasteiger partial charge in [-0.3, -0.25) is 4.98 Å². The highest BCUT2D eigenvalue weighted by Gasteiger charge is 2.23. The first-order chi connectivity index (χ1) is 10.3. The van der Waals surface area contributed by atoms with Crippen molar-refractivity contribution < 1.29 is 4.39 Å². The Morgan fingerprint density at radius 1 is 1.19 bits per heavy atom. The number of pyridine rings is 1. The fourth-order valence-corrected chi connectivity index (χ4v) is 2.67. The molecule has 0 amide bonds. The molecule has 2 aromatic rings. The monoisotopic (exact) mass is 283 g/mol. The van der Waals surface area contributed by atoms with Crippen LogP contribution in [0, 0.1) is 17.1 Å². The highest BCUT2D eigenvalue weighted by molar-refractivity contribution is 5.52. The molecule has 1 fully saturated rings. The normalized spacial score (nSPS) is 15.7. The summed E-state index contributed by atoms with van der Waals surface area (Å²) < 4.78 is 12.9. The fourth-order valence-electron chi connectivity index (χ4n) is 2.67. The minimum absolute atomic E-state index is 0.309. The lowest BCUT2D eigenvalue weighted by molar-refractivity contribution is 0.491. The molecule has 0 radical (unpaired) electrons. The third-order valence-corrected chi connectivity index (χ3v) is 3.77. The molecule has 6 heteroatoms. The van der Waals surface area contributed by atoms with E-state index in [1.807, 2.05) is 0 Å². The van der Waals surface area contributed by atoms with Crippen LogP contribution < -0.4 is 4.90 Å². The smallest absolute Gasteiger partial charge is 0.149 e. The van der Waals surface area contributed by atoms with Crippen molar-refractivity contribution in [3.8, 4) is 6.07 Å². The molecule has 1 aliphatic rings. The van der Waals surface area contributed by atoms with E-state index in [0.717, 1.165) is 31.6 Å². The van der Waals surface area contributed by atoms with Gasteiger partial charge < -0.3 is 4.90 Å². The number of rotatable bonds is 2. The van der Waals surface area contributed by atoms with Gasteiger partial charge in [0.2, 0.25) is 0 Å². The van der Waals surface area contributed by atoms with Crippen molar-refractivity contribution in [1.82, 2.24) is 15.0 Å². The van der Waals surface area contributed by atoms with Crippen molar-refractivity contribution in [2.45, 2.75) is 18.8 Å². The highest BCUT2D eigenvalue weighted by Crippen LogP contribution is 2.29. The van der Waals surface area contributed by atoms with Gasteiger partial charge in [0, 0.05) is 24.7 Å². The molecule has 1 saturated heterocycles. The lowest BCUT2D eigenvalue weighted by Crippen LogP contribution is -2.34. The predicted octanol–water partition coefficient (Wildman–Crippen LogP) is 2.27. The van der Waals surface area contributed by atoms with Crippen LogP contribution in [0.25, 0.3) is 0 Å². The third-order valence-electron chi connectivity index (χ3n) is 3.77. The van der Waals surface area contributed by atoms with E-state index in [1.54, 1.807) is 6.07 Å². The summed E-state index contributed by atoms with van der Waals surface area (Å²) in [5.74, 6) is 0.711. The average molecular weight is 283 g/mol. The van der Waals surface area contributed by atoms with Gasteiger partial charge in [-0.15, -0.1) is 0 Å². The molecule has 0 aliphatic carbocycles. The molecule has 5 nitrogen and oxygen atoms in total. The minimum Gasteiger partial charge on any atom is -0.355 e. The molecule has 106 valence electrons. The molecule has 0 aromatic carbocycles. The Labute approximate surface area is 122 Å². The zero-order valence-corrected chi connectivity index (χ0v) is 11.4. The second-order valence-corrected chi connectivity index (χ2v) is 5.03. The SMILES string of the molecule is N#Cc1cncnc1N1CCC(c2ccc(F)cn2)CC1. The van der Waals surface area contributed by atoms with E-state index in [9.17, 15) is 4.39 Å². The second kappa shape index (κ2) is 5.83. The molecule has 3 rings (SSSR count). The van der Waals surface area contributed by atoms with Crippen LogP contribution in [0.4, 0.5) is 10.2 Å². The number of nitriles is 1. The number of nitrogens with zero attached hydrogens (tertiary/aromatic N) is 5. The van der Waals surface area contributed by atoms with Gasteiger partial charge in [0.15, 0.2) is 0 Å².